The van der Waals surface area contributed by atoms with E-state index in [1.54, 1.807) is 6.21 Å². The zero-order valence-electron chi connectivity index (χ0n) is 11.9. The molecule has 1 fully saturated rings. The molecule has 0 bridgehead atoms. The maximum Gasteiger partial charge on any atom is 0.295 e. The molecule has 0 unspecified atom stereocenters. The molecule has 0 heterocycles. The molecule has 1 aromatic carbocycles. The van der Waals surface area contributed by atoms with Crippen LogP contribution in [0.2, 0.25) is 0 Å². The molecule has 0 atom stereocenters. The second-order valence-corrected chi connectivity index (χ2v) is 6.83. The molecule has 0 spiro atoms. The number of nitrogens with two attached hydrogens (primary N) is 1. The topological polar surface area (TPSA) is 128 Å². The van der Waals surface area contributed by atoms with Crippen LogP contribution in [-0.4, -0.2) is 19.6 Å². The third kappa shape index (κ3) is 4.25. The summed E-state index contributed by atoms with van der Waals surface area (Å²) in [5.74, 6) is 0.379. The van der Waals surface area contributed by atoms with Gasteiger partial charge in [0.15, 0.2) is 0 Å². The third-order valence-corrected chi connectivity index (χ3v) is 4.53. The van der Waals surface area contributed by atoms with Gasteiger partial charge in [-0.3, -0.25) is 15.5 Å². The highest BCUT2D eigenvalue weighted by Crippen LogP contribution is 2.27. The van der Waals surface area contributed by atoms with Crippen LogP contribution in [0, 0.1) is 16.0 Å². The first-order chi connectivity index (χ1) is 10.4. The molecule has 0 radical (unpaired) electrons. The lowest BCUT2D eigenvalue weighted by Crippen LogP contribution is -2.12. The van der Waals surface area contributed by atoms with Crippen molar-refractivity contribution in [2.45, 2.75) is 37.0 Å². The van der Waals surface area contributed by atoms with Gasteiger partial charge in [0.25, 0.3) is 5.69 Å². The van der Waals surface area contributed by atoms with Crippen molar-refractivity contribution < 1.29 is 13.3 Å². The Morgan fingerprint density at radius 2 is 2.00 bits per heavy atom. The largest absolute Gasteiger partial charge is 0.295 e. The van der Waals surface area contributed by atoms with Crippen LogP contribution in [0.4, 0.5) is 11.4 Å². The standard InChI is InChI=1S/C13H18N4O4S/c14-22(20,21)11-6-7-12(13(8-11)17(18)19)16-15-9-10-4-2-1-3-5-10/h6-10,16H,1-5H2,(H2,14,20,21)/b15-9+. The third-order valence-electron chi connectivity index (χ3n) is 3.61. The van der Waals surface area contributed by atoms with Gasteiger partial charge in [-0.25, -0.2) is 13.6 Å². The van der Waals surface area contributed by atoms with Crippen molar-refractivity contribution in [3.63, 3.8) is 0 Å². The predicted octanol–water partition coefficient (Wildman–Crippen LogP) is 2.22. The van der Waals surface area contributed by atoms with Crippen molar-refractivity contribution in [3.05, 3.63) is 28.3 Å². The summed E-state index contributed by atoms with van der Waals surface area (Å²) in [5.41, 5.74) is 2.36. The van der Waals surface area contributed by atoms with Gasteiger partial charge < -0.3 is 0 Å². The van der Waals surface area contributed by atoms with E-state index < -0.39 is 14.9 Å². The first-order valence-electron chi connectivity index (χ1n) is 6.98. The molecule has 1 saturated carbocycles. The van der Waals surface area contributed by atoms with E-state index in [-0.39, 0.29) is 16.3 Å². The highest BCUT2D eigenvalue weighted by Gasteiger charge is 2.19. The highest BCUT2D eigenvalue weighted by atomic mass is 32.2. The SMILES string of the molecule is NS(=O)(=O)c1ccc(N/N=C/C2CCCCC2)c([N+](=O)[O-])c1. The van der Waals surface area contributed by atoms with Crippen LogP contribution in [0.1, 0.15) is 32.1 Å². The molecule has 0 aliphatic heterocycles. The Labute approximate surface area is 128 Å². The Morgan fingerprint density at radius 3 is 2.59 bits per heavy atom. The van der Waals surface area contributed by atoms with E-state index in [1.807, 2.05) is 0 Å². The van der Waals surface area contributed by atoms with Crippen LogP contribution in [-0.2, 0) is 10.0 Å². The van der Waals surface area contributed by atoms with Crippen LogP contribution in [0.5, 0.6) is 0 Å². The number of nitrogens with one attached hydrogen (secondary N) is 1. The molecule has 2 rings (SSSR count). The van der Waals surface area contributed by atoms with Crippen LogP contribution in [0.25, 0.3) is 0 Å². The fourth-order valence-electron chi connectivity index (χ4n) is 2.43. The number of hydrogen-bond donors (Lipinski definition) is 2. The normalized spacial score (nSPS) is 16.8. The molecule has 22 heavy (non-hydrogen) atoms. The fourth-order valence-corrected chi connectivity index (χ4v) is 2.96. The number of hydrogen-bond acceptors (Lipinski definition) is 6. The van der Waals surface area contributed by atoms with Gasteiger partial charge in [0.2, 0.25) is 10.0 Å². The molecule has 3 N–H and O–H groups in total. The minimum absolute atomic E-state index is 0.129. The number of anilines is 1. The van der Waals surface area contributed by atoms with Crippen LogP contribution in [0.3, 0.4) is 0 Å². The Morgan fingerprint density at radius 1 is 1.32 bits per heavy atom. The number of hydrazone groups is 1. The van der Waals surface area contributed by atoms with E-state index in [4.69, 9.17) is 5.14 Å². The second kappa shape index (κ2) is 6.84. The van der Waals surface area contributed by atoms with Crippen LogP contribution >= 0.6 is 0 Å². The molecule has 0 aromatic heterocycles. The summed E-state index contributed by atoms with van der Waals surface area (Å²) >= 11 is 0. The minimum atomic E-state index is -3.98. The number of nitro groups is 1. The molecule has 1 aliphatic rings. The Kier molecular flexibility index (Phi) is 5.09. The van der Waals surface area contributed by atoms with Gasteiger partial charge in [-0.05, 0) is 30.9 Å². The Hall–Kier alpha value is -2.00. The molecule has 0 amide bonds. The second-order valence-electron chi connectivity index (χ2n) is 5.27. The molecule has 1 aromatic rings. The van der Waals surface area contributed by atoms with E-state index in [1.165, 1.54) is 31.4 Å². The quantitative estimate of drug-likeness (QED) is 0.487. The number of benzene rings is 1. The lowest BCUT2D eigenvalue weighted by atomic mass is 9.90. The Bertz CT molecular complexity index is 681. The summed E-state index contributed by atoms with van der Waals surface area (Å²) < 4.78 is 22.5. The van der Waals surface area contributed by atoms with Crippen molar-refractivity contribution in [1.29, 1.82) is 0 Å². The van der Waals surface area contributed by atoms with Crippen molar-refractivity contribution in [2.24, 2.45) is 16.2 Å². The number of nitro benzene ring substituents is 1. The van der Waals surface area contributed by atoms with Gasteiger partial charge in [-0.1, -0.05) is 19.3 Å². The summed E-state index contributed by atoms with van der Waals surface area (Å²) in [7, 11) is -3.98. The van der Waals surface area contributed by atoms with Gasteiger partial charge in [0.1, 0.15) is 5.69 Å². The Balaban J connectivity index is 2.16. The summed E-state index contributed by atoms with van der Waals surface area (Å²) in [6, 6.07) is 3.42. The summed E-state index contributed by atoms with van der Waals surface area (Å²) in [6.45, 7) is 0. The average molecular weight is 326 g/mol. The summed E-state index contributed by atoms with van der Waals surface area (Å²) in [5, 5.41) is 20.1. The van der Waals surface area contributed by atoms with Gasteiger partial charge in [-0.2, -0.15) is 5.10 Å². The van der Waals surface area contributed by atoms with E-state index in [2.05, 4.69) is 10.5 Å². The molecule has 9 heteroatoms. The predicted molar refractivity (Wildman–Crippen MR) is 83.2 cm³/mol. The maximum absolute atomic E-state index is 11.2. The van der Waals surface area contributed by atoms with Gasteiger partial charge in [-0.15, -0.1) is 0 Å². The van der Waals surface area contributed by atoms with Crippen LogP contribution < -0.4 is 10.6 Å². The van der Waals surface area contributed by atoms with E-state index >= 15 is 0 Å². The average Bonchev–Trinajstić information content (AvgIpc) is 2.47. The molecule has 0 saturated heterocycles. The van der Waals surface area contributed by atoms with Crippen LogP contribution in [0.15, 0.2) is 28.2 Å². The number of primary sulfonamides is 1. The van der Waals surface area contributed by atoms with Crippen molar-refractivity contribution >= 4 is 27.6 Å². The minimum Gasteiger partial charge on any atom is -0.272 e. The molecular formula is C13H18N4O4S. The molecule has 120 valence electrons. The smallest absolute Gasteiger partial charge is 0.272 e. The van der Waals surface area contributed by atoms with Gasteiger partial charge in [0, 0.05) is 12.3 Å². The summed E-state index contributed by atoms with van der Waals surface area (Å²) in [6.07, 6.45) is 7.46. The zero-order valence-corrected chi connectivity index (χ0v) is 12.8. The fraction of sp³-hybridized carbons (Fsp3) is 0.462. The first kappa shape index (κ1) is 16.4. The highest BCUT2D eigenvalue weighted by molar-refractivity contribution is 7.89. The van der Waals surface area contributed by atoms with Gasteiger partial charge >= 0.3 is 0 Å². The molecule has 1 aliphatic carbocycles. The summed E-state index contributed by atoms with van der Waals surface area (Å²) in [4.78, 5) is 10.1. The van der Waals surface area contributed by atoms with E-state index in [0.29, 0.717) is 5.92 Å². The van der Waals surface area contributed by atoms with Crippen molar-refractivity contribution in [1.82, 2.24) is 0 Å². The zero-order chi connectivity index (χ0) is 16.2. The first-order valence-corrected chi connectivity index (χ1v) is 8.53. The number of sulfonamides is 1. The lowest BCUT2D eigenvalue weighted by Gasteiger charge is -2.16. The maximum atomic E-state index is 11.2. The lowest BCUT2D eigenvalue weighted by molar-refractivity contribution is -0.384. The van der Waals surface area contributed by atoms with E-state index in [0.717, 1.165) is 18.9 Å². The molecular weight excluding hydrogens is 308 g/mol. The number of rotatable bonds is 5. The molecule has 8 nitrogen and oxygen atoms in total. The van der Waals surface area contributed by atoms with E-state index in [9.17, 15) is 18.5 Å². The monoisotopic (exact) mass is 326 g/mol. The van der Waals surface area contributed by atoms with Gasteiger partial charge in [0.05, 0.1) is 9.82 Å². The van der Waals surface area contributed by atoms with Crippen molar-refractivity contribution in [3.8, 4) is 0 Å². The van der Waals surface area contributed by atoms with Crippen molar-refractivity contribution in [2.75, 3.05) is 5.43 Å². The number of nitrogens with zero attached hydrogens (tertiary/aromatic N) is 2.